The molecule has 0 aliphatic rings. The average Bonchev–Trinajstić information content (AvgIpc) is 2.59. The molecule has 0 aliphatic heterocycles. The molecule has 0 saturated carbocycles. The second-order valence-corrected chi connectivity index (χ2v) is 4.24. The van der Waals surface area contributed by atoms with Gasteiger partial charge < -0.3 is 10.1 Å². The number of aromatic nitrogens is 1. The number of hydrogen-bond donors (Lipinski definition) is 2. The summed E-state index contributed by atoms with van der Waals surface area (Å²) >= 11 is 3.45. The molecule has 0 saturated heterocycles. The summed E-state index contributed by atoms with van der Waals surface area (Å²) in [5.74, 6) is -0.771. The molecule has 2 aromatic rings. The van der Waals surface area contributed by atoms with Crippen LogP contribution in [0.3, 0.4) is 0 Å². The van der Waals surface area contributed by atoms with E-state index < -0.39 is 5.97 Å². The Balaban J connectivity index is 2.31. The molecule has 4 heteroatoms. The maximum absolute atomic E-state index is 10.4. The van der Waals surface area contributed by atoms with E-state index in [1.54, 1.807) is 0 Å². The molecule has 15 heavy (non-hydrogen) atoms. The van der Waals surface area contributed by atoms with E-state index in [4.69, 9.17) is 5.11 Å². The van der Waals surface area contributed by atoms with Gasteiger partial charge in [0.2, 0.25) is 0 Å². The highest BCUT2D eigenvalue weighted by Gasteiger charge is 2.05. The van der Waals surface area contributed by atoms with Gasteiger partial charge in [-0.05, 0) is 24.6 Å². The van der Waals surface area contributed by atoms with Crippen molar-refractivity contribution in [2.75, 3.05) is 0 Å². The lowest BCUT2D eigenvalue weighted by atomic mass is 10.2. The van der Waals surface area contributed by atoms with Crippen LogP contribution < -0.4 is 0 Å². The monoisotopic (exact) mass is 267 g/mol. The number of aryl methyl sites for hydroxylation is 1. The quantitative estimate of drug-likeness (QED) is 0.899. The summed E-state index contributed by atoms with van der Waals surface area (Å²) in [6, 6.07) is 7.88. The Morgan fingerprint density at radius 1 is 1.47 bits per heavy atom. The van der Waals surface area contributed by atoms with Crippen molar-refractivity contribution in [2.24, 2.45) is 0 Å². The van der Waals surface area contributed by atoms with Gasteiger partial charge in [-0.15, -0.1) is 0 Å². The number of carbonyl (C=O) groups is 1. The maximum atomic E-state index is 10.4. The summed E-state index contributed by atoms with van der Waals surface area (Å²) in [4.78, 5) is 13.6. The third-order valence-electron chi connectivity index (χ3n) is 2.27. The number of rotatable bonds is 3. The zero-order valence-electron chi connectivity index (χ0n) is 7.96. The van der Waals surface area contributed by atoms with Gasteiger partial charge in [-0.1, -0.05) is 22.0 Å². The van der Waals surface area contributed by atoms with E-state index in [1.165, 1.54) is 0 Å². The third kappa shape index (κ3) is 2.21. The molecular weight excluding hydrogens is 258 g/mol. The minimum atomic E-state index is -0.771. The van der Waals surface area contributed by atoms with E-state index in [0.29, 0.717) is 6.42 Å². The Hall–Kier alpha value is -1.29. The third-order valence-corrected chi connectivity index (χ3v) is 2.97. The van der Waals surface area contributed by atoms with E-state index in [0.717, 1.165) is 21.1 Å². The summed E-state index contributed by atoms with van der Waals surface area (Å²) in [6.07, 6.45) is 0.695. The van der Waals surface area contributed by atoms with Crippen molar-refractivity contribution in [3.63, 3.8) is 0 Å². The fourth-order valence-electron chi connectivity index (χ4n) is 1.55. The minimum Gasteiger partial charge on any atom is -0.481 e. The molecule has 0 bridgehead atoms. The molecule has 1 aromatic carbocycles. The minimum absolute atomic E-state index is 0.157. The fraction of sp³-hybridized carbons (Fsp3) is 0.182. The van der Waals surface area contributed by atoms with Crippen LogP contribution in [0.1, 0.15) is 12.1 Å². The van der Waals surface area contributed by atoms with E-state index >= 15 is 0 Å². The van der Waals surface area contributed by atoms with E-state index in [-0.39, 0.29) is 6.42 Å². The van der Waals surface area contributed by atoms with Gasteiger partial charge in [0.1, 0.15) is 0 Å². The second-order valence-electron chi connectivity index (χ2n) is 3.39. The standard InChI is InChI=1S/C11H10BrNO2/c12-9-2-1-3-10-8(9)6-7(13-10)4-5-11(14)15/h1-3,6,13H,4-5H2,(H,14,15). The van der Waals surface area contributed by atoms with Crippen LogP contribution in [0.5, 0.6) is 0 Å². The van der Waals surface area contributed by atoms with Gasteiger partial charge in [0.05, 0.1) is 6.42 Å². The number of aliphatic carboxylic acids is 1. The molecule has 0 unspecified atom stereocenters. The number of halogens is 1. The lowest BCUT2D eigenvalue weighted by molar-refractivity contribution is -0.136. The highest BCUT2D eigenvalue weighted by Crippen LogP contribution is 2.24. The summed E-state index contributed by atoms with van der Waals surface area (Å²) in [6.45, 7) is 0. The molecule has 2 N–H and O–H groups in total. The normalized spacial score (nSPS) is 10.7. The fourth-order valence-corrected chi connectivity index (χ4v) is 2.03. The zero-order valence-corrected chi connectivity index (χ0v) is 9.54. The lowest BCUT2D eigenvalue weighted by Gasteiger charge is -1.91. The Bertz CT molecular complexity index is 504. The Morgan fingerprint density at radius 3 is 2.93 bits per heavy atom. The van der Waals surface area contributed by atoms with Crippen LogP contribution in [-0.2, 0) is 11.2 Å². The SMILES string of the molecule is O=C(O)CCc1cc2c(Br)cccc2[nH]1. The van der Waals surface area contributed by atoms with E-state index in [9.17, 15) is 4.79 Å². The van der Waals surface area contributed by atoms with E-state index in [2.05, 4.69) is 20.9 Å². The van der Waals surface area contributed by atoms with Gasteiger partial charge in [0, 0.05) is 21.1 Å². The van der Waals surface area contributed by atoms with Crippen LogP contribution in [0.15, 0.2) is 28.7 Å². The highest BCUT2D eigenvalue weighted by atomic mass is 79.9. The lowest BCUT2D eigenvalue weighted by Crippen LogP contribution is -1.97. The molecule has 0 radical (unpaired) electrons. The number of fused-ring (bicyclic) bond motifs is 1. The molecule has 0 atom stereocenters. The molecule has 2 rings (SSSR count). The molecule has 0 fully saturated rings. The van der Waals surface area contributed by atoms with E-state index in [1.807, 2.05) is 24.3 Å². The molecule has 3 nitrogen and oxygen atoms in total. The Labute approximate surface area is 95.2 Å². The van der Waals surface area contributed by atoms with Crippen LogP contribution in [0, 0.1) is 0 Å². The van der Waals surface area contributed by atoms with Crippen LogP contribution in [0.4, 0.5) is 0 Å². The van der Waals surface area contributed by atoms with Crippen molar-refractivity contribution < 1.29 is 9.90 Å². The molecule has 0 spiro atoms. The van der Waals surface area contributed by atoms with Gasteiger partial charge in [-0.2, -0.15) is 0 Å². The number of aromatic amines is 1. The second kappa shape index (κ2) is 4.06. The number of carboxylic acids is 1. The first-order chi connectivity index (χ1) is 7.16. The molecular formula is C11H10BrNO2. The number of carboxylic acid groups (broad SMARTS) is 1. The number of H-pyrrole nitrogens is 1. The predicted molar refractivity (Wildman–Crippen MR) is 62.0 cm³/mol. The van der Waals surface area contributed by atoms with Crippen molar-refractivity contribution in [3.8, 4) is 0 Å². The smallest absolute Gasteiger partial charge is 0.303 e. The molecule has 0 aliphatic carbocycles. The summed E-state index contributed by atoms with van der Waals surface area (Å²) in [5, 5.41) is 9.68. The summed E-state index contributed by atoms with van der Waals surface area (Å²) in [5.41, 5.74) is 1.99. The molecule has 78 valence electrons. The largest absolute Gasteiger partial charge is 0.481 e. The van der Waals surface area contributed by atoms with Gasteiger partial charge in [-0.3, -0.25) is 4.79 Å². The average molecular weight is 268 g/mol. The van der Waals surface area contributed by atoms with Crippen molar-refractivity contribution in [2.45, 2.75) is 12.8 Å². The number of benzene rings is 1. The van der Waals surface area contributed by atoms with Gasteiger partial charge in [0.25, 0.3) is 0 Å². The Morgan fingerprint density at radius 2 is 2.27 bits per heavy atom. The summed E-state index contributed by atoms with van der Waals surface area (Å²) in [7, 11) is 0. The first-order valence-electron chi connectivity index (χ1n) is 4.65. The van der Waals surface area contributed by atoms with Gasteiger partial charge in [0.15, 0.2) is 0 Å². The van der Waals surface area contributed by atoms with Crippen molar-refractivity contribution in [3.05, 3.63) is 34.4 Å². The van der Waals surface area contributed by atoms with Crippen LogP contribution in [0.25, 0.3) is 10.9 Å². The number of hydrogen-bond acceptors (Lipinski definition) is 1. The molecule has 0 amide bonds. The van der Waals surface area contributed by atoms with Crippen LogP contribution in [0.2, 0.25) is 0 Å². The van der Waals surface area contributed by atoms with Crippen molar-refractivity contribution in [1.82, 2.24) is 4.98 Å². The molecule has 1 aromatic heterocycles. The topological polar surface area (TPSA) is 53.1 Å². The summed E-state index contributed by atoms with van der Waals surface area (Å²) < 4.78 is 1.03. The van der Waals surface area contributed by atoms with Crippen LogP contribution >= 0.6 is 15.9 Å². The van der Waals surface area contributed by atoms with Gasteiger partial charge in [-0.25, -0.2) is 0 Å². The number of nitrogens with one attached hydrogen (secondary N) is 1. The molecule has 1 heterocycles. The van der Waals surface area contributed by atoms with Gasteiger partial charge >= 0.3 is 5.97 Å². The maximum Gasteiger partial charge on any atom is 0.303 e. The van der Waals surface area contributed by atoms with Crippen molar-refractivity contribution >= 4 is 32.8 Å². The highest BCUT2D eigenvalue weighted by molar-refractivity contribution is 9.10. The first-order valence-corrected chi connectivity index (χ1v) is 5.44. The predicted octanol–water partition coefficient (Wildman–Crippen LogP) is 2.95. The zero-order chi connectivity index (χ0) is 10.8. The first kappa shape index (κ1) is 10.2. The Kier molecular flexibility index (Phi) is 2.77. The van der Waals surface area contributed by atoms with Crippen molar-refractivity contribution in [1.29, 1.82) is 0 Å². The van der Waals surface area contributed by atoms with Crippen LogP contribution in [-0.4, -0.2) is 16.1 Å².